The normalized spacial score (nSPS) is 9.80. The molecule has 0 radical (unpaired) electrons. The average molecular weight is 272 g/mol. The molecule has 0 aromatic heterocycles. The number of benzene rings is 2. The first kappa shape index (κ1) is 13.4. The molecule has 2 aromatic carbocycles. The van der Waals surface area contributed by atoms with Gasteiger partial charge in [0.05, 0.1) is 5.56 Å². The molecular weight excluding hydrogens is 263 g/mol. The largest absolute Gasteiger partial charge is 0.507 e. The van der Waals surface area contributed by atoms with Crippen LogP contribution in [0.15, 0.2) is 36.4 Å². The second kappa shape index (κ2) is 5.28. The first-order valence-electron chi connectivity index (χ1n) is 5.55. The van der Waals surface area contributed by atoms with E-state index in [4.69, 9.17) is 5.26 Å². The lowest BCUT2D eigenvalue weighted by molar-refractivity contribution is 0.102. The van der Waals surface area contributed by atoms with Gasteiger partial charge in [-0.15, -0.1) is 0 Å². The molecule has 6 heteroatoms. The summed E-state index contributed by atoms with van der Waals surface area (Å²) in [7, 11) is 0. The average Bonchev–Trinajstić information content (AvgIpc) is 2.40. The van der Waals surface area contributed by atoms with Gasteiger partial charge in [0.1, 0.15) is 28.9 Å². The Balaban J connectivity index is 2.31. The molecule has 2 aromatic rings. The second-order valence-electron chi connectivity index (χ2n) is 3.93. The Labute approximate surface area is 113 Å². The minimum Gasteiger partial charge on any atom is -0.507 e. The van der Waals surface area contributed by atoms with E-state index < -0.39 is 11.7 Å². The third-order valence-corrected chi connectivity index (χ3v) is 2.59. The lowest BCUT2D eigenvalue weighted by Crippen LogP contribution is -2.12. The van der Waals surface area contributed by atoms with Gasteiger partial charge in [0, 0.05) is 5.69 Å². The van der Waals surface area contributed by atoms with Gasteiger partial charge in [0.2, 0.25) is 0 Å². The van der Waals surface area contributed by atoms with E-state index in [1.165, 1.54) is 24.3 Å². The molecule has 3 N–H and O–H groups in total. The van der Waals surface area contributed by atoms with Crippen LogP contribution in [0.3, 0.4) is 0 Å². The van der Waals surface area contributed by atoms with E-state index in [9.17, 15) is 19.4 Å². The number of carbonyl (C=O) groups excluding carboxylic acids is 1. The van der Waals surface area contributed by atoms with E-state index >= 15 is 0 Å². The fraction of sp³-hybridized carbons (Fsp3) is 0. The Hall–Kier alpha value is -3.07. The van der Waals surface area contributed by atoms with Crippen molar-refractivity contribution in [3.05, 3.63) is 53.3 Å². The Morgan fingerprint density at radius 3 is 2.45 bits per heavy atom. The molecule has 100 valence electrons. The van der Waals surface area contributed by atoms with Crippen LogP contribution in [-0.2, 0) is 0 Å². The van der Waals surface area contributed by atoms with Crippen molar-refractivity contribution >= 4 is 11.6 Å². The Morgan fingerprint density at radius 1 is 1.20 bits per heavy atom. The highest BCUT2D eigenvalue weighted by atomic mass is 19.1. The maximum atomic E-state index is 13.1. The number of nitriles is 1. The highest BCUT2D eigenvalue weighted by Crippen LogP contribution is 2.27. The molecule has 0 fully saturated rings. The van der Waals surface area contributed by atoms with Crippen molar-refractivity contribution in [2.75, 3.05) is 5.32 Å². The van der Waals surface area contributed by atoms with Crippen molar-refractivity contribution in [3.63, 3.8) is 0 Å². The third-order valence-electron chi connectivity index (χ3n) is 2.59. The predicted octanol–water partition coefficient (Wildman–Crippen LogP) is 2.36. The smallest absolute Gasteiger partial charge is 0.263 e. The molecule has 2 rings (SSSR count). The second-order valence-corrected chi connectivity index (χ2v) is 3.93. The Morgan fingerprint density at radius 2 is 1.85 bits per heavy atom. The zero-order valence-corrected chi connectivity index (χ0v) is 10.1. The van der Waals surface area contributed by atoms with Gasteiger partial charge in [-0.25, -0.2) is 4.39 Å². The number of rotatable bonds is 2. The summed E-state index contributed by atoms with van der Waals surface area (Å²) in [6, 6.07) is 8.99. The van der Waals surface area contributed by atoms with Crippen molar-refractivity contribution in [2.24, 2.45) is 0 Å². The van der Waals surface area contributed by atoms with Crippen molar-refractivity contribution in [2.45, 2.75) is 0 Å². The SMILES string of the molecule is N#Cc1cc(NC(=O)c2c(O)cccc2O)ccc1F. The number of aromatic hydroxyl groups is 2. The van der Waals surface area contributed by atoms with Gasteiger partial charge in [-0.05, 0) is 30.3 Å². The quantitative estimate of drug-likeness (QED) is 0.782. The lowest BCUT2D eigenvalue weighted by Gasteiger charge is -2.08. The number of nitrogens with zero attached hydrogens (tertiary/aromatic N) is 1. The molecule has 0 bridgehead atoms. The topological polar surface area (TPSA) is 93.4 Å². The van der Waals surface area contributed by atoms with Gasteiger partial charge >= 0.3 is 0 Å². The molecule has 20 heavy (non-hydrogen) atoms. The molecule has 0 aliphatic carbocycles. The molecule has 0 heterocycles. The van der Waals surface area contributed by atoms with Crippen LogP contribution in [0.25, 0.3) is 0 Å². The molecule has 5 nitrogen and oxygen atoms in total. The first-order chi connectivity index (χ1) is 9.52. The van der Waals surface area contributed by atoms with Gasteiger partial charge in [-0.3, -0.25) is 4.79 Å². The Bertz CT molecular complexity index is 703. The van der Waals surface area contributed by atoms with Crippen LogP contribution in [0.5, 0.6) is 11.5 Å². The van der Waals surface area contributed by atoms with Crippen LogP contribution in [0.2, 0.25) is 0 Å². The highest BCUT2D eigenvalue weighted by Gasteiger charge is 2.16. The minimum atomic E-state index is -0.768. The molecule has 0 aliphatic rings. The van der Waals surface area contributed by atoms with Crippen molar-refractivity contribution < 1.29 is 19.4 Å². The molecule has 1 amide bonds. The van der Waals surface area contributed by atoms with Crippen LogP contribution in [-0.4, -0.2) is 16.1 Å². The fourth-order valence-corrected chi connectivity index (χ4v) is 1.64. The van der Waals surface area contributed by atoms with Gasteiger partial charge < -0.3 is 15.5 Å². The van der Waals surface area contributed by atoms with Gasteiger partial charge in [-0.2, -0.15) is 5.26 Å². The standard InChI is InChI=1S/C14H9FN2O3/c15-10-5-4-9(6-8(10)7-16)17-14(20)13-11(18)2-1-3-12(13)19/h1-6,18-19H,(H,17,20). The summed E-state index contributed by atoms with van der Waals surface area (Å²) in [5.41, 5.74) is -0.338. The minimum absolute atomic E-state index is 0.176. The summed E-state index contributed by atoms with van der Waals surface area (Å²) in [5.74, 6) is -2.23. The van der Waals surface area contributed by atoms with Gasteiger partial charge in [0.25, 0.3) is 5.91 Å². The number of amides is 1. The molecule has 0 atom stereocenters. The molecule has 0 saturated carbocycles. The zero-order chi connectivity index (χ0) is 14.7. The van der Waals surface area contributed by atoms with Crippen molar-refractivity contribution in [1.29, 1.82) is 5.26 Å². The summed E-state index contributed by atoms with van der Waals surface area (Å²) in [4.78, 5) is 11.9. The summed E-state index contributed by atoms with van der Waals surface area (Å²) in [6.07, 6.45) is 0. The van der Waals surface area contributed by atoms with E-state index in [0.717, 1.165) is 12.1 Å². The Kier molecular flexibility index (Phi) is 3.53. The van der Waals surface area contributed by atoms with E-state index in [2.05, 4.69) is 5.32 Å². The van der Waals surface area contributed by atoms with Gasteiger partial charge in [-0.1, -0.05) is 6.07 Å². The third kappa shape index (κ3) is 2.52. The monoisotopic (exact) mass is 272 g/mol. The number of halogens is 1. The van der Waals surface area contributed by atoms with Crippen LogP contribution >= 0.6 is 0 Å². The number of anilines is 1. The lowest BCUT2D eigenvalue weighted by atomic mass is 10.1. The maximum absolute atomic E-state index is 13.1. The number of phenols is 2. The summed E-state index contributed by atoms with van der Waals surface area (Å²) in [5, 5.41) is 30.2. The fourth-order valence-electron chi connectivity index (χ4n) is 1.64. The predicted molar refractivity (Wildman–Crippen MR) is 68.8 cm³/mol. The number of carbonyl (C=O) groups is 1. The number of nitrogens with one attached hydrogen (secondary N) is 1. The van der Waals surface area contributed by atoms with E-state index in [-0.39, 0.29) is 28.3 Å². The molecule has 0 spiro atoms. The van der Waals surface area contributed by atoms with Gasteiger partial charge in [0.15, 0.2) is 0 Å². The van der Waals surface area contributed by atoms with E-state index in [1.54, 1.807) is 6.07 Å². The van der Waals surface area contributed by atoms with Crippen molar-refractivity contribution in [3.8, 4) is 17.6 Å². The molecule has 0 saturated heterocycles. The maximum Gasteiger partial charge on any atom is 0.263 e. The number of hydrogen-bond donors (Lipinski definition) is 3. The highest BCUT2D eigenvalue weighted by molar-refractivity contribution is 6.08. The summed E-state index contributed by atoms with van der Waals surface area (Å²) in [6.45, 7) is 0. The van der Waals surface area contributed by atoms with Crippen LogP contribution < -0.4 is 5.32 Å². The molecule has 0 unspecified atom stereocenters. The van der Waals surface area contributed by atoms with E-state index in [1.807, 2.05) is 0 Å². The zero-order valence-electron chi connectivity index (χ0n) is 10.1. The molecular formula is C14H9FN2O3. The first-order valence-corrected chi connectivity index (χ1v) is 5.55. The summed E-state index contributed by atoms with van der Waals surface area (Å²) >= 11 is 0. The number of phenolic OH excluding ortho intramolecular Hbond substituents is 2. The molecule has 0 aliphatic heterocycles. The van der Waals surface area contributed by atoms with E-state index in [0.29, 0.717) is 0 Å². The van der Waals surface area contributed by atoms with Crippen LogP contribution in [0.1, 0.15) is 15.9 Å². The summed E-state index contributed by atoms with van der Waals surface area (Å²) < 4.78 is 13.1. The van der Waals surface area contributed by atoms with Crippen LogP contribution in [0, 0.1) is 17.1 Å². The van der Waals surface area contributed by atoms with Crippen LogP contribution in [0.4, 0.5) is 10.1 Å². The van der Waals surface area contributed by atoms with Crippen molar-refractivity contribution in [1.82, 2.24) is 0 Å². The number of hydrogen-bond acceptors (Lipinski definition) is 4.